The van der Waals surface area contributed by atoms with Gasteiger partial charge >= 0.3 is 0 Å². The first-order valence-corrected chi connectivity index (χ1v) is 10.8. The first-order chi connectivity index (χ1) is 14.6. The minimum atomic E-state index is -1.18. The maximum atomic E-state index is 12.7. The van der Waals surface area contributed by atoms with E-state index in [0.717, 1.165) is 5.69 Å². The molecule has 0 aliphatic heterocycles. The van der Waals surface area contributed by atoms with Crippen LogP contribution in [-0.2, 0) is 25.6 Å². The lowest BCUT2D eigenvalue weighted by Gasteiger charge is -2.31. The van der Waals surface area contributed by atoms with Gasteiger partial charge in [0, 0.05) is 24.7 Å². The minimum absolute atomic E-state index is 0.00877. The van der Waals surface area contributed by atoms with Crippen molar-refractivity contribution < 1.29 is 19.2 Å². The highest BCUT2D eigenvalue weighted by atomic mass is 16.2. The highest BCUT2D eigenvalue weighted by Gasteiger charge is 2.35. The van der Waals surface area contributed by atoms with Crippen molar-refractivity contribution in [2.24, 2.45) is 5.73 Å². The number of rotatable bonds is 14. The summed E-state index contributed by atoms with van der Waals surface area (Å²) in [5.41, 5.74) is 3.66. The van der Waals surface area contributed by atoms with Crippen molar-refractivity contribution >= 4 is 23.3 Å². The molecule has 0 bridgehead atoms. The number of nitrogens with one attached hydrogen (secondary N) is 4. The molecule has 0 fully saturated rings. The summed E-state index contributed by atoms with van der Waals surface area (Å²) in [6.45, 7) is 11.6. The van der Waals surface area contributed by atoms with Crippen LogP contribution in [0.3, 0.4) is 0 Å². The Labute approximate surface area is 189 Å². The fourth-order valence-electron chi connectivity index (χ4n) is 2.88. The molecule has 0 aliphatic rings. The van der Waals surface area contributed by atoms with Crippen molar-refractivity contribution in [2.45, 2.75) is 84.0 Å². The summed E-state index contributed by atoms with van der Waals surface area (Å²) < 4.78 is 0. The van der Waals surface area contributed by atoms with E-state index >= 15 is 0 Å². The summed E-state index contributed by atoms with van der Waals surface area (Å²) in [7, 11) is 0. The van der Waals surface area contributed by atoms with Gasteiger partial charge in [-0.05, 0) is 41.5 Å². The molecule has 1 heterocycles. The van der Waals surface area contributed by atoms with E-state index < -0.39 is 28.6 Å². The predicted octanol–water partition coefficient (Wildman–Crippen LogP) is 0.0280. The average Bonchev–Trinajstić information content (AvgIpc) is 3.21. The van der Waals surface area contributed by atoms with Crippen molar-refractivity contribution in [1.29, 1.82) is 0 Å². The van der Waals surface area contributed by atoms with Gasteiger partial charge in [0.05, 0.1) is 42.1 Å². The van der Waals surface area contributed by atoms with Crippen molar-refractivity contribution in [3.8, 4) is 0 Å². The zero-order valence-electron chi connectivity index (χ0n) is 20.2. The molecule has 1 atom stereocenters. The molecule has 0 aromatic carbocycles. The molecule has 0 unspecified atom stereocenters. The monoisotopic (exact) mass is 450 g/mol. The van der Waals surface area contributed by atoms with Gasteiger partial charge in [0.15, 0.2) is 17.3 Å². The maximum Gasteiger partial charge on any atom is 0.238 e. The molecule has 1 amide bonds. The molecular weight excluding hydrogens is 412 g/mol. The van der Waals surface area contributed by atoms with Gasteiger partial charge in [0.2, 0.25) is 5.91 Å². The Bertz CT molecular complexity index is 814. The number of nitrogens with two attached hydrogens (primary N) is 1. The topological polar surface area (TPSA) is 159 Å². The van der Waals surface area contributed by atoms with Gasteiger partial charge < -0.3 is 16.0 Å². The molecule has 10 heteroatoms. The van der Waals surface area contributed by atoms with Crippen LogP contribution in [-0.4, -0.2) is 69.0 Å². The third-order valence-electron chi connectivity index (χ3n) is 5.56. The summed E-state index contributed by atoms with van der Waals surface area (Å²) in [4.78, 5) is 56.6. The number of hydrogen-bond donors (Lipinski definition) is 5. The van der Waals surface area contributed by atoms with Crippen LogP contribution in [0.2, 0.25) is 0 Å². The van der Waals surface area contributed by atoms with Gasteiger partial charge in [-0.25, -0.2) is 4.98 Å². The average molecular weight is 451 g/mol. The highest BCUT2D eigenvalue weighted by molar-refractivity contribution is 5.96. The fourth-order valence-corrected chi connectivity index (χ4v) is 2.88. The zero-order chi connectivity index (χ0) is 24.7. The fraction of sp³-hybridized carbons (Fsp3) is 0.682. The lowest BCUT2D eigenvalue weighted by molar-refractivity contribution is -0.132. The second-order valence-electron chi connectivity index (χ2n) is 9.58. The van der Waals surface area contributed by atoms with Crippen molar-refractivity contribution in [3.05, 3.63) is 18.2 Å². The Kier molecular flexibility index (Phi) is 9.43. The standard InChI is InChI=1S/C22H38N6O4/c1-8-16(29)20(2,3)26-11-17(30)21(4,5)27-12-18(31)22(6,7)28-19(32)15(23)9-14-10-24-13-25-14/h10,13,15,26-27H,8-9,11-12,23H2,1-7H3,(H,24,25)(H,28,32)/t15-/m0/s1. The molecule has 10 nitrogen and oxygen atoms in total. The van der Waals surface area contributed by atoms with Crippen molar-refractivity contribution in [3.63, 3.8) is 0 Å². The van der Waals surface area contributed by atoms with Gasteiger partial charge in [-0.15, -0.1) is 0 Å². The summed E-state index contributed by atoms with van der Waals surface area (Å²) >= 11 is 0. The van der Waals surface area contributed by atoms with Crippen LogP contribution in [0.25, 0.3) is 0 Å². The molecule has 180 valence electrons. The van der Waals surface area contributed by atoms with E-state index in [0.29, 0.717) is 6.42 Å². The number of carbonyl (C=O) groups is 4. The number of imidazole rings is 1. The molecule has 0 saturated carbocycles. The van der Waals surface area contributed by atoms with Gasteiger partial charge in [0.1, 0.15) is 0 Å². The Balaban J connectivity index is 2.60. The van der Waals surface area contributed by atoms with Crippen LogP contribution in [0, 0.1) is 0 Å². The first kappa shape index (κ1) is 27.6. The van der Waals surface area contributed by atoms with Crippen LogP contribution >= 0.6 is 0 Å². The maximum absolute atomic E-state index is 12.7. The van der Waals surface area contributed by atoms with E-state index in [1.54, 1.807) is 54.7 Å². The Morgan fingerprint density at radius 1 is 0.938 bits per heavy atom. The van der Waals surface area contributed by atoms with Crippen LogP contribution in [0.5, 0.6) is 0 Å². The second kappa shape index (κ2) is 10.9. The number of hydrogen-bond acceptors (Lipinski definition) is 8. The normalized spacial score (nSPS) is 13.5. The van der Waals surface area contributed by atoms with E-state index in [9.17, 15) is 19.2 Å². The number of aromatic nitrogens is 2. The molecule has 0 spiro atoms. The summed E-state index contributed by atoms with van der Waals surface area (Å²) in [5.74, 6) is -0.935. The number of amides is 1. The number of carbonyl (C=O) groups excluding carboxylic acids is 4. The quantitative estimate of drug-likeness (QED) is 0.265. The van der Waals surface area contributed by atoms with Crippen molar-refractivity contribution in [2.75, 3.05) is 13.1 Å². The van der Waals surface area contributed by atoms with Gasteiger partial charge in [-0.1, -0.05) is 6.92 Å². The van der Waals surface area contributed by atoms with E-state index in [2.05, 4.69) is 25.9 Å². The predicted molar refractivity (Wildman–Crippen MR) is 122 cm³/mol. The van der Waals surface area contributed by atoms with E-state index in [4.69, 9.17) is 5.73 Å². The minimum Gasteiger partial charge on any atom is -0.348 e. The molecule has 0 saturated heterocycles. The van der Waals surface area contributed by atoms with E-state index in [-0.39, 0.29) is 36.9 Å². The third kappa shape index (κ3) is 7.92. The van der Waals surface area contributed by atoms with Crippen LogP contribution in [0.1, 0.15) is 60.6 Å². The second-order valence-corrected chi connectivity index (χ2v) is 9.58. The summed E-state index contributed by atoms with van der Waals surface area (Å²) in [5, 5.41) is 8.63. The molecule has 1 aromatic rings. The van der Waals surface area contributed by atoms with Crippen LogP contribution in [0.4, 0.5) is 0 Å². The van der Waals surface area contributed by atoms with Crippen LogP contribution in [0.15, 0.2) is 12.5 Å². The largest absolute Gasteiger partial charge is 0.348 e. The molecule has 0 radical (unpaired) electrons. The third-order valence-corrected chi connectivity index (χ3v) is 5.56. The Morgan fingerprint density at radius 3 is 1.91 bits per heavy atom. The lowest BCUT2D eigenvalue weighted by Crippen LogP contribution is -2.60. The number of H-pyrrole nitrogens is 1. The molecule has 1 aromatic heterocycles. The van der Waals surface area contributed by atoms with Gasteiger partial charge in [0.25, 0.3) is 0 Å². The first-order valence-electron chi connectivity index (χ1n) is 10.8. The molecule has 1 rings (SSSR count). The SMILES string of the molecule is CCC(=O)C(C)(C)NCC(=O)C(C)(C)NCC(=O)C(C)(C)NC(=O)[C@@H](N)Cc1cnc[nH]1. The Morgan fingerprint density at radius 2 is 1.44 bits per heavy atom. The number of aromatic amines is 1. The van der Waals surface area contributed by atoms with Gasteiger partial charge in [-0.2, -0.15) is 0 Å². The van der Waals surface area contributed by atoms with E-state index in [1.807, 2.05) is 0 Å². The molecule has 32 heavy (non-hydrogen) atoms. The highest BCUT2D eigenvalue weighted by Crippen LogP contribution is 2.11. The number of Topliss-reactive ketones (excluding diaryl/α,β-unsaturated/α-hetero) is 3. The molecule has 6 N–H and O–H groups in total. The van der Waals surface area contributed by atoms with E-state index in [1.165, 1.54) is 6.33 Å². The zero-order valence-corrected chi connectivity index (χ0v) is 20.2. The lowest BCUT2D eigenvalue weighted by atomic mass is 9.93. The summed E-state index contributed by atoms with van der Waals surface area (Å²) in [6.07, 6.45) is 3.72. The Hall–Kier alpha value is -2.43. The smallest absolute Gasteiger partial charge is 0.238 e. The van der Waals surface area contributed by atoms with Crippen molar-refractivity contribution in [1.82, 2.24) is 25.9 Å². The number of nitrogens with zero attached hydrogens (tertiary/aromatic N) is 1. The van der Waals surface area contributed by atoms with Gasteiger partial charge in [-0.3, -0.25) is 29.8 Å². The van der Waals surface area contributed by atoms with Crippen LogP contribution < -0.4 is 21.7 Å². The summed E-state index contributed by atoms with van der Waals surface area (Å²) in [6, 6.07) is -0.839. The molecule has 0 aliphatic carbocycles. The molecular formula is C22H38N6O4. The number of ketones is 3.